The molecule has 0 aromatic heterocycles. The van der Waals surface area contributed by atoms with Crippen LogP contribution >= 0.6 is 0 Å². The van der Waals surface area contributed by atoms with Gasteiger partial charge in [0.05, 0.1) is 0 Å². The molecule has 1 aliphatic carbocycles. The third-order valence-electron chi connectivity index (χ3n) is 4.46. The summed E-state index contributed by atoms with van der Waals surface area (Å²) in [7, 11) is 0. The lowest BCUT2D eigenvalue weighted by molar-refractivity contribution is 0.211. The van der Waals surface area contributed by atoms with Gasteiger partial charge in [-0.1, -0.05) is 33.6 Å². The van der Waals surface area contributed by atoms with E-state index in [9.17, 15) is 0 Å². The van der Waals surface area contributed by atoms with Crippen LogP contribution in [0.15, 0.2) is 0 Å². The summed E-state index contributed by atoms with van der Waals surface area (Å²) in [6.45, 7) is 8.40. The maximum atomic E-state index is 3.93. The van der Waals surface area contributed by atoms with Crippen molar-refractivity contribution in [1.82, 2.24) is 5.32 Å². The third kappa shape index (κ3) is 3.23. The van der Waals surface area contributed by atoms with Gasteiger partial charge in [-0.3, -0.25) is 0 Å². The molecular weight excluding hydrogens is 194 g/mol. The summed E-state index contributed by atoms with van der Waals surface area (Å²) in [4.78, 5) is 0. The molecule has 1 atom stereocenters. The van der Waals surface area contributed by atoms with Gasteiger partial charge in [-0.05, 0) is 56.4 Å². The molecule has 1 heteroatoms. The van der Waals surface area contributed by atoms with Crippen molar-refractivity contribution >= 4 is 0 Å². The van der Waals surface area contributed by atoms with Gasteiger partial charge in [-0.15, -0.1) is 0 Å². The first-order chi connectivity index (χ1) is 7.52. The molecule has 1 saturated carbocycles. The summed E-state index contributed by atoms with van der Waals surface area (Å²) < 4.78 is 0. The summed E-state index contributed by atoms with van der Waals surface area (Å²) in [5.74, 6) is 1.01. The van der Waals surface area contributed by atoms with Gasteiger partial charge in [0.15, 0.2) is 0 Å². The predicted molar refractivity (Wildman–Crippen MR) is 70.6 cm³/mol. The summed E-state index contributed by atoms with van der Waals surface area (Å²) in [5, 5.41) is 3.93. The molecule has 2 fully saturated rings. The molecule has 1 heterocycles. The van der Waals surface area contributed by atoms with E-state index < -0.39 is 0 Å². The number of nitrogens with one attached hydrogen (secondary N) is 1. The number of hydrogen-bond donors (Lipinski definition) is 1. The Hall–Kier alpha value is -0.0400. The van der Waals surface area contributed by atoms with E-state index in [-0.39, 0.29) is 0 Å². The first kappa shape index (κ1) is 12.4. The summed E-state index contributed by atoms with van der Waals surface area (Å²) in [6, 6.07) is 0. The molecule has 94 valence electrons. The second-order valence-corrected chi connectivity index (χ2v) is 7.23. The Balaban J connectivity index is 1.96. The highest BCUT2D eigenvalue weighted by molar-refractivity contribution is 5.02. The molecule has 0 aromatic rings. The van der Waals surface area contributed by atoms with Crippen LogP contribution in [-0.4, -0.2) is 12.1 Å². The standard InChI is InChI=1S/C15H29N/c1-14(2,3)10-11-15(13-7-8-13)9-5-4-6-12-16-15/h13,16H,4-12H2,1-3H3. The monoisotopic (exact) mass is 223 g/mol. The lowest BCUT2D eigenvalue weighted by Gasteiger charge is -2.36. The zero-order valence-corrected chi connectivity index (χ0v) is 11.4. The Morgan fingerprint density at radius 1 is 1.12 bits per heavy atom. The van der Waals surface area contributed by atoms with E-state index >= 15 is 0 Å². The van der Waals surface area contributed by atoms with E-state index in [1.54, 1.807) is 0 Å². The van der Waals surface area contributed by atoms with Crippen molar-refractivity contribution in [1.29, 1.82) is 0 Å². The Labute approximate surface area is 101 Å². The van der Waals surface area contributed by atoms with Gasteiger partial charge >= 0.3 is 0 Å². The molecular formula is C15H29N. The van der Waals surface area contributed by atoms with Gasteiger partial charge in [0, 0.05) is 5.54 Å². The topological polar surface area (TPSA) is 12.0 Å². The normalized spacial score (nSPS) is 32.4. The van der Waals surface area contributed by atoms with Crippen molar-refractivity contribution in [3.8, 4) is 0 Å². The van der Waals surface area contributed by atoms with Crippen LogP contribution in [0, 0.1) is 11.3 Å². The lowest BCUT2D eigenvalue weighted by atomic mass is 9.78. The molecule has 0 amide bonds. The van der Waals surface area contributed by atoms with Gasteiger partial charge in [-0.25, -0.2) is 0 Å². The van der Waals surface area contributed by atoms with Crippen LogP contribution in [0.5, 0.6) is 0 Å². The third-order valence-corrected chi connectivity index (χ3v) is 4.46. The molecule has 1 saturated heterocycles. The minimum Gasteiger partial charge on any atom is -0.311 e. The van der Waals surface area contributed by atoms with Gasteiger partial charge in [0.25, 0.3) is 0 Å². The van der Waals surface area contributed by atoms with Gasteiger partial charge in [-0.2, -0.15) is 0 Å². The highest BCUT2D eigenvalue weighted by Gasteiger charge is 2.44. The second kappa shape index (κ2) is 4.68. The Kier molecular flexibility index (Phi) is 3.63. The van der Waals surface area contributed by atoms with Crippen molar-refractivity contribution in [3.63, 3.8) is 0 Å². The van der Waals surface area contributed by atoms with Crippen LogP contribution < -0.4 is 5.32 Å². The predicted octanol–water partition coefficient (Wildman–Crippen LogP) is 4.13. The summed E-state index contributed by atoms with van der Waals surface area (Å²) >= 11 is 0. The smallest absolute Gasteiger partial charge is 0.0209 e. The summed E-state index contributed by atoms with van der Waals surface area (Å²) in [5.41, 5.74) is 1.03. The van der Waals surface area contributed by atoms with Crippen molar-refractivity contribution < 1.29 is 0 Å². The molecule has 0 bridgehead atoms. The van der Waals surface area contributed by atoms with Crippen molar-refractivity contribution in [2.24, 2.45) is 11.3 Å². The van der Waals surface area contributed by atoms with Gasteiger partial charge < -0.3 is 5.32 Å². The molecule has 0 radical (unpaired) electrons. The fourth-order valence-electron chi connectivity index (χ4n) is 3.17. The molecule has 0 aromatic carbocycles. The van der Waals surface area contributed by atoms with Crippen LogP contribution in [0.25, 0.3) is 0 Å². The SMILES string of the molecule is CC(C)(C)CCC1(C2CC2)CCCCCN1. The van der Waals surface area contributed by atoms with Crippen LogP contribution in [0.3, 0.4) is 0 Å². The van der Waals surface area contributed by atoms with E-state index in [0.717, 1.165) is 5.92 Å². The molecule has 1 aliphatic heterocycles. The minimum atomic E-state index is 0.496. The average molecular weight is 223 g/mol. The Morgan fingerprint density at radius 2 is 1.88 bits per heavy atom. The Bertz CT molecular complexity index is 214. The van der Waals surface area contributed by atoms with Crippen molar-refractivity contribution in [3.05, 3.63) is 0 Å². The molecule has 1 N–H and O–H groups in total. The van der Waals surface area contributed by atoms with E-state index in [4.69, 9.17) is 0 Å². The molecule has 1 nitrogen and oxygen atoms in total. The number of hydrogen-bond acceptors (Lipinski definition) is 1. The zero-order valence-electron chi connectivity index (χ0n) is 11.4. The van der Waals surface area contributed by atoms with Gasteiger partial charge in [0.2, 0.25) is 0 Å². The molecule has 2 aliphatic rings. The van der Waals surface area contributed by atoms with Crippen LogP contribution in [-0.2, 0) is 0 Å². The average Bonchev–Trinajstić information content (AvgIpc) is 3.01. The molecule has 0 spiro atoms. The van der Waals surface area contributed by atoms with Crippen LogP contribution in [0.2, 0.25) is 0 Å². The molecule has 2 rings (SSSR count). The van der Waals surface area contributed by atoms with E-state index in [0.29, 0.717) is 11.0 Å². The first-order valence-electron chi connectivity index (χ1n) is 7.27. The molecule has 1 unspecified atom stereocenters. The zero-order chi connectivity index (χ0) is 11.6. The van der Waals surface area contributed by atoms with Crippen molar-refractivity contribution in [2.45, 2.75) is 77.7 Å². The molecule has 16 heavy (non-hydrogen) atoms. The minimum absolute atomic E-state index is 0.496. The maximum Gasteiger partial charge on any atom is 0.0209 e. The fraction of sp³-hybridized carbons (Fsp3) is 1.00. The lowest BCUT2D eigenvalue weighted by Crippen LogP contribution is -2.47. The quantitative estimate of drug-likeness (QED) is 0.758. The van der Waals surface area contributed by atoms with E-state index in [2.05, 4.69) is 26.1 Å². The summed E-state index contributed by atoms with van der Waals surface area (Å²) in [6.07, 6.45) is 11.5. The Morgan fingerprint density at radius 3 is 2.50 bits per heavy atom. The highest BCUT2D eigenvalue weighted by Crippen LogP contribution is 2.46. The van der Waals surface area contributed by atoms with E-state index in [1.165, 1.54) is 57.9 Å². The maximum absolute atomic E-state index is 3.93. The fourth-order valence-corrected chi connectivity index (χ4v) is 3.17. The highest BCUT2D eigenvalue weighted by atomic mass is 15.0. The second-order valence-electron chi connectivity index (χ2n) is 7.23. The number of rotatable bonds is 3. The van der Waals surface area contributed by atoms with Crippen LogP contribution in [0.1, 0.15) is 72.1 Å². The van der Waals surface area contributed by atoms with Gasteiger partial charge in [0.1, 0.15) is 0 Å². The largest absolute Gasteiger partial charge is 0.311 e. The van der Waals surface area contributed by atoms with Crippen molar-refractivity contribution in [2.75, 3.05) is 6.54 Å². The first-order valence-corrected chi connectivity index (χ1v) is 7.27. The van der Waals surface area contributed by atoms with Crippen LogP contribution in [0.4, 0.5) is 0 Å². The van der Waals surface area contributed by atoms with E-state index in [1.807, 2.05) is 0 Å².